The van der Waals surface area contributed by atoms with Crippen molar-refractivity contribution in [2.24, 2.45) is 0 Å². The van der Waals surface area contributed by atoms with E-state index in [0.29, 0.717) is 37.2 Å². The van der Waals surface area contributed by atoms with Crippen molar-refractivity contribution in [2.45, 2.75) is 19.4 Å². The van der Waals surface area contributed by atoms with Gasteiger partial charge in [0, 0.05) is 31.3 Å². The number of nitrogens with zero attached hydrogens (tertiary/aromatic N) is 2. The van der Waals surface area contributed by atoms with Crippen molar-refractivity contribution >= 4 is 17.7 Å². The lowest BCUT2D eigenvalue weighted by molar-refractivity contribution is -0.384. The molecule has 1 aliphatic heterocycles. The molecule has 0 saturated carbocycles. The van der Waals surface area contributed by atoms with Gasteiger partial charge in [0.25, 0.3) is 5.69 Å². The highest BCUT2D eigenvalue weighted by atomic mass is 16.6. The predicted octanol–water partition coefficient (Wildman–Crippen LogP) is 2.02. The molecule has 0 bridgehead atoms. The Balaban J connectivity index is 2.36. The summed E-state index contributed by atoms with van der Waals surface area (Å²) in [7, 11) is 0. The molecule has 1 saturated heterocycles. The lowest BCUT2D eigenvalue weighted by atomic mass is 10.1. The van der Waals surface area contributed by atoms with Crippen molar-refractivity contribution in [1.82, 2.24) is 0 Å². The second-order valence-electron chi connectivity index (χ2n) is 4.60. The van der Waals surface area contributed by atoms with Gasteiger partial charge in [-0.2, -0.15) is 0 Å². The van der Waals surface area contributed by atoms with E-state index in [0.717, 1.165) is 6.42 Å². The minimum Gasteiger partial charge on any atom is -0.377 e. The zero-order valence-corrected chi connectivity index (χ0v) is 10.7. The first-order valence-corrected chi connectivity index (χ1v) is 6.22. The van der Waals surface area contributed by atoms with Crippen LogP contribution in [-0.4, -0.2) is 37.0 Å². The first kappa shape index (κ1) is 13.5. The molecule has 1 fully saturated rings. The third-order valence-electron chi connectivity index (χ3n) is 3.13. The summed E-state index contributed by atoms with van der Waals surface area (Å²) in [6, 6.07) is 4.56. The van der Waals surface area contributed by atoms with E-state index in [1.165, 1.54) is 6.07 Å². The van der Waals surface area contributed by atoms with Crippen molar-refractivity contribution in [3.63, 3.8) is 0 Å². The molecule has 0 amide bonds. The molecule has 2 rings (SSSR count). The van der Waals surface area contributed by atoms with E-state index in [4.69, 9.17) is 4.74 Å². The fraction of sp³-hybridized carbons (Fsp3) is 0.462. The highest BCUT2D eigenvalue weighted by Crippen LogP contribution is 2.30. The van der Waals surface area contributed by atoms with Crippen LogP contribution in [0.15, 0.2) is 18.2 Å². The second-order valence-corrected chi connectivity index (χ2v) is 4.60. The topological polar surface area (TPSA) is 72.7 Å². The summed E-state index contributed by atoms with van der Waals surface area (Å²) in [6.07, 6.45) is 1.48. The van der Waals surface area contributed by atoms with Crippen LogP contribution in [0.2, 0.25) is 0 Å². The van der Waals surface area contributed by atoms with Crippen LogP contribution >= 0.6 is 0 Å². The maximum atomic E-state index is 11.1. The Morgan fingerprint density at radius 2 is 2.32 bits per heavy atom. The number of benzene rings is 1. The zero-order valence-electron chi connectivity index (χ0n) is 10.7. The molecule has 6 heteroatoms. The summed E-state index contributed by atoms with van der Waals surface area (Å²) in [5.41, 5.74) is 0.834. The van der Waals surface area contributed by atoms with Gasteiger partial charge in [-0.15, -0.1) is 0 Å². The Kier molecular flexibility index (Phi) is 4.11. The van der Waals surface area contributed by atoms with Crippen molar-refractivity contribution in [3.05, 3.63) is 33.9 Å². The highest BCUT2D eigenvalue weighted by molar-refractivity contribution is 5.79. The average Bonchev–Trinajstić information content (AvgIpc) is 2.62. The molecule has 1 atom stereocenters. The van der Waals surface area contributed by atoms with Crippen LogP contribution in [0.25, 0.3) is 0 Å². The van der Waals surface area contributed by atoms with Gasteiger partial charge in [0.05, 0.1) is 11.0 Å². The van der Waals surface area contributed by atoms with Gasteiger partial charge in [-0.3, -0.25) is 14.9 Å². The highest BCUT2D eigenvalue weighted by Gasteiger charge is 2.23. The van der Waals surface area contributed by atoms with E-state index in [1.54, 1.807) is 12.1 Å². The van der Waals surface area contributed by atoms with Crippen LogP contribution in [0.1, 0.15) is 23.7 Å². The molecule has 1 unspecified atom stereocenters. The van der Waals surface area contributed by atoms with Crippen LogP contribution in [-0.2, 0) is 4.74 Å². The fourth-order valence-corrected chi connectivity index (χ4v) is 2.24. The number of aldehydes is 1. The number of rotatable bonds is 3. The Morgan fingerprint density at radius 3 is 3.00 bits per heavy atom. The van der Waals surface area contributed by atoms with E-state index < -0.39 is 4.92 Å². The van der Waals surface area contributed by atoms with Crippen LogP contribution in [0.4, 0.5) is 11.4 Å². The van der Waals surface area contributed by atoms with E-state index >= 15 is 0 Å². The van der Waals surface area contributed by atoms with Gasteiger partial charge in [-0.1, -0.05) is 0 Å². The van der Waals surface area contributed by atoms with Crippen LogP contribution in [0, 0.1) is 10.1 Å². The van der Waals surface area contributed by atoms with Gasteiger partial charge in [0.1, 0.15) is 12.0 Å². The normalized spacial score (nSPS) is 19.8. The number of hydrogen-bond donors (Lipinski definition) is 0. The SMILES string of the molecule is CC1CN(c2ccc(C=O)cc2[N+](=O)[O-])CCCO1. The quantitative estimate of drug-likeness (QED) is 0.474. The van der Waals surface area contributed by atoms with Gasteiger partial charge >= 0.3 is 0 Å². The molecule has 6 nitrogen and oxygen atoms in total. The van der Waals surface area contributed by atoms with Crippen LogP contribution in [0.5, 0.6) is 0 Å². The molecule has 0 aromatic heterocycles. The van der Waals surface area contributed by atoms with E-state index in [2.05, 4.69) is 0 Å². The summed E-state index contributed by atoms with van der Waals surface area (Å²) < 4.78 is 5.53. The lowest BCUT2D eigenvalue weighted by Gasteiger charge is -2.24. The first-order valence-electron chi connectivity index (χ1n) is 6.22. The smallest absolute Gasteiger partial charge is 0.293 e. The van der Waals surface area contributed by atoms with Crippen molar-refractivity contribution in [2.75, 3.05) is 24.6 Å². The lowest BCUT2D eigenvalue weighted by Crippen LogP contribution is -2.30. The third kappa shape index (κ3) is 3.08. The number of nitro benzene ring substituents is 1. The van der Waals surface area contributed by atoms with Crippen LogP contribution in [0.3, 0.4) is 0 Å². The molecular weight excluding hydrogens is 248 g/mol. The predicted molar refractivity (Wildman–Crippen MR) is 70.7 cm³/mol. The fourth-order valence-electron chi connectivity index (χ4n) is 2.24. The molecule has 1 aromatic carbocycles. The molecule has 1 heterocycles. The monoisotopic (exact) mass is 264 g/mol. The number of hydrogen-bond acceptors (Lipinski definition) is 5. The third-order valence-corrected chi connectivity index (χ3v) is 3.13. The molecule has 19 heavy (non-hydrogen) atoms. The Hall–Kier alpha value is -1.95. The van der Waals surface area contributed by atoms with Gasteiger partial charge in [0.15, 0.2) is 0 Å². The number of carbonyl (C=O) groups excluding carboxylic acids is 1. The van der Waals surface area contributed by atoms with Gasteiger partial charge < -0.3 is 9.64 Å². The number of nitro groups is 1. The van der Waals surface area contributed by atoms with Crippen molar-refractivity contribution in [3.8, 4) is 0 Å². The summed E-state index contributed by atoms with van der Waals surface area (Å²) in [5, 5.41) is 11.1. The maximum Gasteiger partial charge on any atom is 0.293 e. The minimum atomic E-state index is -0.446. The summed E-state index contributed by atoms with van der Waals surface area (Å²) >= 11 is 0. The van der Waals surface area contributed by atoms with E-state index in [1.807, 2.05) is 11.8 Å². The summed E-state index contributed by atoms with van der Waals surface area (Å²) in [5.74, 6) is 0. The zero-order chi connectivity index (χ0) is 13.8. The molecule has 1 aromatic rings. The second kappa shape index (κ2) is 5.79. The molecular formula is C13H16N2O4. The standard InChI is InChI=1S/C13H16N2O4/c1-10-8-14(5-2-6-19-10)12-4-3-11(9-16)7-13(12)15(17)18/h3-4,7,9-10H,2,5-6,8H2,1H3. The minimum absolute atomic E-state index is 0.0290. The Morgan fingerprint density at radius 1 is 1.53 bits per heavy atom. The van der Waals surface area contributed by atoms with Gasteiger partial charge in [-0.05, 0) is 25.5 Å². The summed E-state index contributed by atoms with van der Waals surface area (Å²) in [6.45, 7) is 3.94. The Labute approximate surface area is 111 Å². The summed E-state index contributed by atoms with van der Waals surface area (Å²) in [4.78, 5) is 23.4. The largest absolute Gasteiger partial charge is 0.377 e. The maximum absolute atomic E-state index is 11.1. The van der Waals surface area contributed by atoms with Crippen molar-refractivity contribution < 1.29 is 14.5 Å². The Bertz CT molecular complexity index is 490. The molecule has 0 radical (unpaired) electrons. The van der Waals surface area contributed by atoms with Crippen LogP contribution < -0.4 is 4.90 Å². The molecule has 0 spiro atoms. The number of anilines is 1. The molecule has 0 N–H and O–H groups in total. The number of ether oxygens (including phenoxy) is 1. The van der Waals surface area contributed by atoms with E-state index in [9.17, 15) is 14.9 Å². The van der Waals surface area contributed by atoms with E-state index in [-0.39, 0.29) is 11.8 Å². The first-order chi connectivity index (χ1) is 9.11. The number of carbonyl (C=O) groups is 1. The molecule has 102 valence electrons. The average molecular weight is 264 g/mol. The molecule has 0 aliphatic carbocycles. The van der Waals surface area contributed by atoms with Gasteiger partial charge in [-0.25, -0.2) is 0 Å². The van der Waals surface area contributed by atoms with Crippen molar-refractivity contribution in [1.29, 1.82) is 0 Å². The molecule has 1 aliphatic rings. The van der Waals surface area contributed by atoms with Gasteiger partial charge in [0.2, 0.25) is 0 Å².